The summed E-state index contributed by atoms with van der Waals surface area (Å²) < 4.78 is 6.25. The lowest BCUT2D eigenvalue weighted by Crippen LogP contribution is -2.23. The Morgan fingerprint density at radius 3 is 2.71 bits per heavy atom. The SMILES string of the molecule is CCOC(=O)[C@@H](Cc1ccc(Br)cc1)Sc1nc2ccccc2[nH]1. The number of hydrogen-bond donors (Lipinski definition) is 1. The molecule has 3 aromatic rings. The minimum atomic E-state index is -0.341. The first kappa shape index (κ1) is 17.0. The number of nitrogens with zero attached hydrogens (tertiary/aromatic N) is 1. The Kier molecular flexibility index (Phi) is 5.58. The Labute approximate surface area is 153 Å². The van der Waals surface area contributed by atoms with E-state index in [1.165, 1.54) is 11.8 Å². The Hall–Kier alpha value is -1.79. The highest BCUT2D eigenvalue weighted by Gasteiger charge is 2.23. The Morgan fingerprint density at radius 1 is 1.25 bits per heavy atom. The largest absolute Gasteiger partial charge is 0.465 e. The van der Waals surface area contributed by atoms with Gasteiger partial charge in [-0.25, -0.2) is 4.98 Å². The number of carbonyl (C=O) groups excluding carboxylic acids is 1. The van der Waals surface area contributed by atoms with E-state index in [4.69, 9.17) is 4.74 Å². The highest BCUT2D eigenvalue weighted by molar-refractivity contribution is 9.10. The zero-order chi connectivity index (χ0) is 16.9. The number of hydrogen-bond acceptors (Lipinski definition) is 4. The van der Waals surface area contributed by atoms with E-state index in [0.717, 1.165) is 26.2 Å². The van der Waals surface area contributed by atoms with Gasteiger partial charge in [-0.3, -0.25) is 4.79 Å². The molecule has 4 nitrogen and oxygen atoms in total. The lowest BCUT2D eigenvalue weighted by atomic mass is 10.1. The van der Waals surface area contributed by atoms with Gasteiger partial charge in [0.2, 0.25) is 0 Å². The second-order valence-electron chi connectivity index (χ2n) is 5.25. The van der Waals surface area contributed by atoms with Crippen LogP contribution in [0.1, 0.15) is 12.5 Å². The molecule has 1 atom stereocenters. The molecule has 0 aliphatic heterocycles. The summed E-state index contributed by atoms with van der Waals surface area (Å²) in [5, 5.41) is 0.387. The van der Waals surface area contributed by atoms with Gasteiger partial charge in [-0.05, 0) is 43.2 Å². The summed E-state index contributed by atoms with van der Waals surface area (Å²) in [6.07, 6.45) is 0.591. The third kappa shape index (κ3) is 4.19. The molecule has 0 radical (unpaired) electrons. The number of aromatic amines is 1. The average Bonchev–Trinajstić information content (AvgIpc) is 2.99. The monoisotopic (exact) mass is 404 g/mol. The van der Waals surface area contributed by atoms with Crippen LogP contribution in [0.15, 0.2) is 58.2 Å². The maximum Gasteiger partial charge on any atom is 0.319 e. The van der Waals surface area contributed by atoms with Crippen molar-refractivity contribution in [3.8, 4) is 0 Å². The third-order valence-corrected chi connectivity index (χ3v) is 5.09. The van der Waals surface area contributed by atoms with E-state index in [2.05, 4.69) is 25.9 Å². The van der Waals surface area contributed by atoms with E-state index in [9.17, 15) is 4.79 Å². The maximum absolute atomic E-state index is 12.3. The van der Waals surface area contributed by atoms with Gasteiger partial charge >= 0.3 is 5.97 Å². The number of aromatic nitrogens is 2. The minimum absolute atomic E-state index is 0.217. The van der Waals surface area contributed by atoms with Crippen LogP contribution in [0.3, 0.4) is 0 Å². The molecular formula is C18H17BrN2O2S. The van der Waals surface area contributed by atoms with Crippen molar-refractivity contribution in [2.24, 2.45) is 0 Å². The molecule has 0 bridgehead atoms. The van der Waals surface area contributed by atoms with E-state index < -0.39 is 0 Å². The van der Waals surface area contributed by atoms with E-state index in [0.29, 0.717) is 13.0 Å². The maximum atomic E-state index is 12.3. The first-order valence-corrected chi connectivity index (χ1v) is 9.35. The Morgan fingerprint density at radius 2 is 2.00 bits per heavy atom. The summed E-state index contributed by atoms with van der Waals surface area (Å²) in [5.74, 6) is -0.217. The van der Waals surface area contributed by atoms with Gasteiger partial charge in [0, 0.05) is 4.47 Å². The van der Waals surface area contributed by atoms with Crippen molar-refractivity contribution >= 4 is 44.7 Å². The smallest absolute Gasteiger partial charge is 0.319 e. The summed E-state index contributed by atoms with van der Waals surface area (Å²) in [6.45, 7) is 2.19. The fraction of sp³-hybridized carbons (Fsp3) is 0.222. The molecule has 0 unspecified atom stereocenters. The second kappa shape index (κ2) is 7.85. The number of halogens is 1. The number of imidazole rings is 1. The van der Waals surface area contributed by atoms with Gasteiger partial charge < -0.3 is 9.72 Å². The quantitative estimate of drug-likeness (QED) is 0.481. The summed E-state index contributed by atoms with van der Waals surface area (Å²) in [4.78, 5) is 20.1. The molecule has 0 aliphatic carbocycles. The van der Waals surface area contributed by atoms with Gasteiger partial charge in [0.25, 0.3) is 0 Å². The zero-order valence-corrected chi connectivity index (χ0v) is 15.6. The van der Waals surface area contributed by atoms with Crippen LogP contribution in [0.2, 0.25) is 0 Å². The van der Waals surface area contributed by atoms with Gasteiger partial charge in [0.05, 0.1) is 17.6 Å². The van der Waals surface area contributed by atoms with Crippen LogP contribution in [0.4, 0.5) is 0 Å². The summed E-state index contributed by atoms with van der Waals surface area (Å²) in [6, 6.07) is 15.8. The zero-order valence-electron chi connectivity index (χ0n) is 13.2. The highest BCUT2D eigenvalue weighted by atomic mass is 79.9. The minimum Gasteiger partial charge on any atom is -0.465 e. The number of para-hydroxylation sites is 2. The van der Waals surface area contributed by atoms with Crippen LogP contribution in [-0.2, 0) is 16.0 Å². The molecule has 0 saturated carbocycles. The lowest BCUT2D eigenvalue weighted by molar-refractivity contribution is -0.142. The topological polar surface area (TPSA) is 55.0 Å². The number of nitrogens with one attached hydrogen (secondary N) is 1. The van der Waals surface area contributed by atoms with Crippen LogP contribution < -0.4 is 0 Å². The average molecular weight is 405 g/mol. The van der Waals surface area contributed by atoms with E-state index in [-0.39, 0.29) is 11.2 Å². The highest BCUT2D eigenvalue weighted by Crippen LogP contribution is 2.27. The molecule has 124 valence electrons. The van der Waals surface area contributed by atoms with Gasteiger partial charge in [-0.15, -0.1) is 0 Å². The number of rotatable bonds is 6. The van der Waals surface area contributed by atoms with Crippen molar-refractivity contribution in [2.45, 2.75) is 23.8 Å². The molecule has 1 heterocycles. The molecule has 1 aromatic heterocycles. The van der Waals surface area contributed by atoms with Crippen molar-refractivity contribution < 1.29 is 9.53 Å². The van der Waals surface area contributed by atoms with E-state index in [1.807, 2.05) is 55.5 Å². The normalized spacial score (nSPS) is 12.2. The summed E-state index contributed by atoms with van der Waals surface area (Å²) in [7, 11) is 0. The molecule has 6 heteroatoms. The van der Waals surface area contributed by atoms with Gasteiger partial charge in [0.1, 0.15) is 5.25 Å². The van der Waals surface area contributed by atoms with Crippen LogP contribution in [0, 0.1) is 0 Å². The molecule has 0 saturated heterocycles. The number of esters is 1. The molecule has 0 spiro atoms. The molecular weight excluding hydrogens is 388 g/mol. The third-order valence-electron chi connectivity index (χ3n) is 3.51. The number of thioether (sulfide) groups is 1. The summed E-state index contributed by atoms with van der Waals surface area (Å²) in [5.41, 5.74) is 2.94. The number of ether oxygens (including phenoxy) is 1. The van der Waals surface area contributed by atoms with Crippen LogP contribution >= 0.6 is 27.7 Å². The van der Waals surface area contributed by atoms with Gasteiger partial charge in [0.15, 0.2) is 5.16 Å². The number of benzene rings is 2. The second-order valence-corrected chi connectivity index (χ2v) is 7.36. The standard InChI is InChI=1S/C18H17BrN2O2S/c1-2-23-17(22)16(11-12-7-9-13(19)10-8-12)24-18-20-14-5-3-4-6-15(14)21-18/h3-10,16H,2,11H2,1H3,(H,20,21)/t16-/m1/s1. The predicted molar refractivity (Wildman–Crippen MR) is 100 cm³/mol. The number of H-pyrrole nitrogens is 1. The molecule has 0 amide bonds. The van der Waals surface area contributed by atoms with Crippen LogP contribution in [0.25, 0.3) is 11.0 Å². The molecule has 3 rings (SSSR count). The summed E-state index contributed by atoms with van der Waals surface area (Å²) >= 11 is 4.84. The van der Waals surface area contributed by atoms with Crippen molar-refractivity contribution in [2.75, 3.05) is 6.61 Å². The van der Waals surface area contributed by atoms with Crippen LogP contribution in [0.5, 0.6) is 0 Å². The fourth-order valence-electron chi connectivity index (χ4n) is 2.36. The molecule has 24 heavy (non-hydrogen) atoms. The fourth-order valence-corrected chi connectivity index (χ4v) is 3.66. The first-order valence-electron chi connectivity index (χ1n) is 7.68. The molecule has 0 fully saturated rings. The predicted octanol–water partition coefficient (Wildman–Crippen LogP) is 4.59. The van der Waals surface area contributed by atoms with Crippen molar-refractivity contribution in [3.05, 3.63) is 58.6 Å². The lowest BCUT2D eigenvalue weighted by Gasteiger charge is -2.14. The van der Waals surface area contributed by atoms with Crippen molar-refractivity contribution in [1.82, 2.24) is 9.97 Å². The van der Waals surface area contributed by atoms with Gasteiger partial charge in [-0.2, -0.15) is 0 Å². The first-order chi connectivity index (χ1) is 11.7. The van der Waals surface area contributed by atoms with E-state index >= 15 is 0 Å². The molecule has 2 aromatic carbocycles. The van der Waals surface area contributed by atoms with Gasteiger partial charge in [-0.1, -0.05) is 52.0 Å². The van der Waals surface area contributed by atoms with Crippen molar-refractivity contribution in [3.63, 3.8) is 0 Å². The van der Waals surface area contributed by atoms with Crippen LogP contribution in [-0.4, -0.2) is 27.8 Å². The molecule has 1 N–H and O–H groups in total. The Bertz CT molecular complexity index is 799. The van der Waals surface area contributed by atoms with Crippen molar-refractivity contribution in [1.29, 1.82) is 0 Å². The Balaban J connectivity index is 1.81. The number of fused-ring (bicyclic) bond motifs is 1. The molecule has 0 aliphatic rings. The van der Waals surface area contributed by atoms with E-state index in [1.54, 1.807) is 0 Å². The number of carbonyl (C=O) groups is 1.